The first-order valence-corrected chi connectivity index (χ1v) is 4.39. The molecule has 0 aliphatic rings. The third-order valence-electron chi connectivity index (χ3n) is 1.15. The van der Waals surface area contributed by atoms with Gasteiger partial charge in [0.2, 0.25) is 0 Å². The van der Waals surface area contributed by atoms with Crippen molar-refractivity contribution in [2.45, 2.75) is 0 Å². The molecule has 11 heavy (non-hydrogen) atoms. The van der Waals surface area contributed by atoms with E-state index >= 15 is 0 Å². The summed E-state index contributed by atoms with van der Waals surface area (Å²) in [5.41, 5.74) is 0.416. The molecular weight excluding hydrogens is 250 g/mol. The second-order valence-corrected chi connectivity index (χ2v) is 3.53. The molecule has 0 aromatic heterocycles. The van der Waals surface area contributed by atoms with Crippen LogP contribution in [-0.2, 0) is 0 Å². The van der Waals surface area contributed by atoms with E-state index in [2.05, 4.69) is 16.0 Å². The molecule has 1 aromatic carbocycles. The zero-order valence-electron chi connectivity index (χ0n) is 5.30. The van der Waals surface area contributed by atoms with Crippen molar-refractivity contribution in [1.29, 1.82) is 0 Å². The van der Waals surface area contributed by atoms with Crippen molar-refractivity contribution in [1.82, 2.24) is 0 Å². The summed E-state index contributed by atoms with van der Waals surface area (Å²) >= 11 is 13.7. The van der Waals surface area contributed by atoms with Crippen LogP contribution in [0.25, 0.3) is 0 Å². The fraction of sp³-hybridized carbons (Fsp3) is 0. The van der Waals surface area contributed by atoms with Gasteiger partial charge >= 0.3 is 82.5 Å². The number of hydrogen-bond donors (Lipinski definition) is 0. The maximum absolute atomic E-state index is 10.8. The van der Waals surface area contributed by atoms with Crippen LogP contribution in [0.1, 0.15) is 10.4 Å². The van der Waals surface area contributed by atoms with Crippen LogP contribution >= 0.6 is 23.2 Å². The normalized spacial score (nSPS) is 9.64. The molecule has 4 heteroatoms. The molecule has 0 heterocycles. The van der Waals surface area contributed by atoms with E-state index < -0.39 is 0 Å². The topological polar surface area (TPSA) is 17.1 Å². The van der Waals surface area contributed by atoms with Crippen LogP contribution in [0.5, 0.6) is 0 Å². The van der Waals surface area contributed by atoms with Crippen molar-refractivity contribution in [3.8, 4) is 0 Å². The first kappa shape index (κ1) is 9.08. The molecule has 0 N–H and O–H groups in total. The predicted molar refractivity (Wildman–Crippen MR) is 46.5 cm³/mol. The van der Waals surface area contributed by atoms with Crippen LogP contribution in [0.4, 0.5) is 0 Å². The summed E-state index contributed by atoms with van der Waals surface area (Å²) in [6.45, 7) is 0. The summed E-state index contributed by atoms with van der Waals surface area (Å²) in [5, 5.41) is 0.922. The van der Waals surface area contributed by atoms with E-state index in [-0.39, 0.29) is 4.68 Å². The van der Waals surface area contributed by atoms with E-state index in [0.29, 0.717) is 15.6 Å². The Kier molecular flexibility index (Phi) is 2.97. The molecule has 1 radical (unpaired) electrons. The zero-order valence-corrected chi connectivity index (χ0v) is 8.53. The van der Waals surface area contributed by atoms with Gasteiger partial charge in [-0.1, -0.05) is 0 Å². The molecule has 0 fully saturated rings. The Morgan fingerprint density at radius 1 is 1.36 bits per heavy atom. The monoisotopic (exact) mass is 253 g/mol. The van der Waals surface area contributed by atoms with Gasteiger partial charge in [-0.25, -0.2) is 0 Å². The number of benzene rings is 1. The Hall–Kier alpha value is -0.0105. The van der Waals surface area contributed by atoms with E-state index in [1.54, 1.807) is 12.1 Å². The molecule has 0 saturated heterocycles. The molecule has 0 saturated carbocycles. The fourth-order valence-electron chi connectivity index (χ4n) is 0.654. The van der Waals surface area contributed by atoms with E-state index in [1.165, 1.54) is 6.07 Å². The molecule has 57 valence electrons. The van der Waals surface area contributed by atoms with Crippen molar-refractivity contribution < 1.29 is 4.79 Å². The number of halogens is 2. The van der Waals surface area contributed by atoms with Crippen molar-refractivity contribution in [3.63, 3.8) is 0 Å². The molecule has 1 aromatic rings. The minimum absolute atomic E-state index is 0.197. The number of carbonyl (C=O) groups is 1. The molecule has 1 nitrogen and oxygen atoms in total. The van der Waals surface area contributed by atoms with E-state index in [9.17, 15) is 4.79 Å². The fourth-order valence-corrected chi connectivity index (χ4v) is 1.51. The van der Waals surface area contributed by atoms with Gasteiger partial charge in [-0.05, 0) is 0 Å². The maximum atomic E-state index is 10.8. The molecule has 0 spiro atoms. The van der Waals surface area contributed by atoms with Crippen LogP contribution in [0, 0.1) is 0 Å². The van der Waals surface area contributed by atoms with E-state index in [4.69, 9.17) is 23.2 Å². The van der Waals surface area contributed by atoms with Gasteiger partial charge in [0.25, 0.3) is 0 Å². The summed E-state index contributed by atoms with van der Waals surface area (Å²) < 4.78 is -0.197. The van der Waals surface area contributed by atoms with Gasteiger partial charge in [-0.3, -0.25) is 0 Å². The van der Waals surface area contributed by atoms with Gasteiger partial charge in [0.05, 0.1) is 0 Å². The first-order chi connectivity index (χ1) is 5.11. The summed E-state index contributed by atoms with van der Waals surface area (Å²) in [7, 11) is 0. The zero-order chi connectivity index (χ0) is 8.43. The van der Waals surface area contributed by atoms with Crippen molar-refractivity contribution in [3.05, 3.63) is 33.8 Å². The summed E-state index contributed by atoms with van der Waals surface area (Å²) in [6, 6.07) is 4.76. The third-order valence-corrected chi connectivity index (χ3v) is 2.17. The van der Waals surface area contributed by atoms with E-state index in [0.717, 1.165) is 0 Å². The second kappa shape index (κ2) is 3.59. The molecule has 0 unspecified atom stereocenters. The van der Waals surface area contributed by atoms with Crippen molar-refractivity contribution in [2.24, 2.45) is 0 Å². The van der Waals surface area contributed by atoms with E-state index in [1.807, 2.05) is 0 Å². The number of carbonyl (C=O) groups excluding carboxylic acids is 1. The Morgan fingerprint density at radius 3 is 2.45 bits per heavy atom. The molecular formula is C7H3Cl2OSe. The van der Waals surface area contributed by atoms with Crippen LogP contribution in [-0.4, -0.2) is 20.7 Å². The number of rotatable bonds is 1. The predicted octanol–water partition coefficient (Wildman–Crippen LogP) is 2.30. The average Bonchev–Trinajstić information content (AvgIpc) is 1.94. The van der Waals surface area contributed by atoms with Crippen LogP contribution in [0.15, 0.2) is 18.2 Å². The van der Waals surface area contributed by atoms with Crippen molar-refractivity contribution >= 4 is 43.9 Å². The number of hydrogen-bond acceptors (Lipinski definition) is 1. The summed E-state index contributed by atoms with van der Waals surface area (Å²) in [5.74, 6) is 0. The standard InChI is InChI=1S/C7H3Cl2OSe/c8-4-1-2-6(9)5(3-4)7(10)11/h1-3H. The van der Waals surface area contributed by atoms with Gasteiger partial charge in [0, 0.05) is 0 Å². The molecule has 0 amide bonds. The quantitative estimate of drug-likeness (QED) is 0.702. The Morgan fingerprint density at radius 2 is 2.00 bits per heavy atom. The Bertz CT molecular complexity index is 298. The Labute approximate surface area is 82.5 Å². The molecule has 0 aliphatic heterocycles. The molecule has 0 atom stereocenters. The van der Waals surface area contributed by atoms with Gasteiger partial charge in [-0.15, -0.1) is 0 Å². The Balaban J connectivity index is 3.23. The van der Waals surface area contributed by atoms with Gasteiger partial charge in [0.15, 0.2) is 0 Å². The van der Waals surface area contributed by atoms with Crippen LogP contribution in [0.2, 0.25) is 10.0 Å². The molecule has 0 bridgehead atoms. The van der Waals surface area contributed by atoms with Crippen LogP contribution in [0.3, 0.4) is 0 Å². The average molecular weight is 253 g/mol. The van der Waals surface area contributed by atoms with Gasteiger partial charge in [0.1, 0.15) is 0 Å². The summed E-state index contributed by atoms with van der Waals surface area (Å²) in [4.78, 5) is 10.8. The van der Waals surface area contributed by atoms with Crippen LogP contribution < -0.4 is 0 Å². The van der Waals surface area contributed by atoms with Gasteiger partial charge < -0.3 is 0 Å². The van der Waals surface area contributed by atoms with Crippen molar-refractivity contribution in [2.75, 3.05) is 0 Å². The van der Waals surface area contributed by atoms with Gasteiger partial charge in [-0.2, -0.15) is 0 Å². The second-order valence-electron chi connectivity index (χ2n) is 1.91. The molecule has 1 rings (SSSR count). The SMILES string of the molecule is O=C([Se])c1cc(Cl)ccc1Cl. The first-order valence-electron chi connectivity index (χ1n) is 2.77. The third kappa shape index (κ3) is 2.21. The minimum atomic E-state index is -0.197. The molecule has 0 aliphatic carbocycles. The summed E-state index contributed by atoms with van der Waals surface area (Å²) in [6.07, 6.45) is 0.